The molecule has 0 bridgehead atoms. The summed E-state index contributed by atoms with van der Waals surface area (Å²) >= 11 is 0. The van der Waals surface area contributed by atoms with Gasteiger partial charge in [0.2, 0.25) is 0 Å². The first-order chi connectivity index (χ1) is 9.68. The average molecular weight is 287 g/mol. The predicted octanol–water partition coefficient (Wildman–Crippen LogP) is 4.76. The number of nitrogens with zero attached hydrogens (tertiary/aromatic N) is 1. The predicted molar refractivity (Wildman–Crippen MR) is 90.0 cm³/mol. The summed E-state index contributed by atoms with van der Waals surface area (Å²) in [6.07, 6.45) is 14.7. The summed E-state index contributed by atoms with van der Waals surface area (Å²) in [4.78, 5) is 0. The smallest absolute Gasteiger partial charge is 0.0806 e. The van der Waals surface area contributed by atoms with Gasteiger partial charge in [0.05, 0.1) is 26.7 Å². The summed E-state index contributed by atoms with van der Waals surface area (Å²) in [5.41, 5.74) is 0. The van der Waals surface area contributed by atoms with Crippen LogP contribution in [0.3, 0.4) is 0 Å². The van der Waals surface area contributed by atoms with Crippen molar-refractivity contribution in [3.63, 3.8) is 0 Å². The highest BCUT2D eigenvalue weighted by atomic mass is 16.3. The normalized spacial score (nSPS) is 12.0. The molecular weight excluding hydrogens is 246 g/mol. The topological polar surface area (TPSA) is 20.2 Å². The Kier molecular flexibility index (Phi) is 13.8. The van der Waals surface area contributed by atoms with Crippen molar-refractivity contribution < 1.29 is 9.59 Å². The van der Waals surface area contributed by atoms with Crippen molar-refractivity contribution in [3.05, 3.63) is 0 Å². The van der Waals surface area contributed by atoms with Crippen LogP contribution in [0.25, 0.3) is 0 Å². The zero-order chi connectivity index (χ0) is 15.1. The van der Waals surface area contributed by atoms with Gasteiger partial charge in [-0.25, -0.2) is 0 Å². The molecule has 0 aromatic rings. The first-order valence-electron chi connectivity index (χ1n) is 9.13. The highest BCUT2D eigenvalue weighted by Gasteiger charge is 2.19. The third kappa shape index (κ3) is 11.7. The average Bonchev–Trinajstić information content (AvgIpc) is 2.45. The Bertz CT molecular complexity index is 180. The van der Waals surface area contributed by atoms with Crippen molar-refractivity contribution >= 4 is 0 Å². The Balaban J connectivity index is 3.88. The van der Waals surface area contributed by atoms with E-state index in [2.05, 4.69) is 20.9 Å². The van der Waals surface area contributed by atoms with Crippen LogP contribution in [-0.4, -0.2) is 42.9 Å². The lowest BCUT2D eigenvalue weighted by Crippen LogP contribution is -2.46. The summed E-state index contributed by atoms with van der Waals surface area (Å²) in [6.45, 7) is 8.65. The minimum atomic E-state index is 0.347. The zero-order valence-corrected chi connectivity index (χ0v) is 14.5. The van der Waals surface area contributed by atoms with Crippen molar-refractivity contribution in [1.29, 1.82) is 0 Å². The van der Waals surface area contributed by atoms with E-state index in [4.69, 9.17) is 5.11 Å². The lowest BCUT2D eigenvalue weighted by atomic mass is 10.1. The summed E-state index contributed by atoms with van der Waals surface area (Å²) in [5.74, 6) is 0. The van der Waals surface area contributed by atoms with Crippen LogP contribution in [-0.2, 0) is 0 Å². The summed E-state index contributed by atoms with van der Waals surface area (Å²) in [5, 5.41) is 9.10. The van der Waals surface area contributed by atoms with E-state index in [0.717, 1.165) is 13.0 Å². The highest BCUT2D eigenvalue weighted by molar-refractivity contribution is 4.48. The van der Waals surface area contributed by atoms with Gasteiger partial charge in [0, 0.05) is 13.0 Å². The van der Waals surface area contributed by atoms with E-state index in [1.165, 1.54) is 81.8 Å². The van der Waals surface area contributed by atoms with E-state index in [1.54, 1.807) is 0 Å². The Hall–Kier alpha value is -0.0800. The molecule has 0 rings (SSSR count). The third-order valence-corrected chi connectivity index (χ3v) is 4.46. The van der Waals surface area contributed by atoms with Gasteiger partial charge < -0.3 is 9.59 Å². The lowest BCUT2D eigenvalue weighted by molar-refractivity contribution is -0.910. The summed E-state index contributed by atoms with van der Waals surface area (Å²) in [6, 6.07) is 0. The number of aliphatic hydroxyl groups excluding tert-OH is 1. The van der Waals surface area contributed by atoms with Gasteiger partial charge in [-0.05, 0) is 25.7 Å². The zero-order valence-electron chi connectivity index (χ0n) is 14.5. The van der Waals surface area contributed by atoms with Crippen molar-refractivity contribution in [2.45, 2.75) is 84.5 Å². The Labute approximate surface area is 128 Å². The quantitative estimate of drug-likeness (QED) is 0.340. The standard InChI is InChI=1S/C18H40NO/c1-4-6-8-10-12-15-19(3,17-14-18-20)16-13-11-9-7-5-2/h20H,4-18H2,1-3H3/q+1. The molecule has 0 saturated carbocycles. The van der Waals surface area contributed by atoms with E-state index in [0.29, 0.717) is 6.61 Å². The monoisotopic (exact) mass is 286 g/mol. The van der Waals surface area contributed by atoms with Gasteiger partial charge in [-0.3, -0.25) is 0 Å². The Morgan fingerprint density at radius 3 is 1.40 bits per heavy atom. The molecule has 122 valence electrons. The molecule has 0 radical (unpaired) electrons. The largest absolute Gasteiger partial charge is 0.396 e. The number of hydrogen-bond acceptors (Lipinski definition) is 1. The molecule has 0 saturated heterocycles. The van der Waals surface area contributed by atoms with Crippen LogP contribution in [0.2, 0.25) is 0 Å². The van der Waals surface area contributed by atoms with Gasteiger partial charge in [-0.2, -0.15) is 0 Å². The molecule has 0 aromatic heterocycles. The fourth-order valence-corrected chi connectivity index (χ4v) is 2.98. The van der Waals surface area contributed by atoms with Crippen LogP contribution >= 0.6 is 0 Å². The third-order valence-electron chi connectivity index (χ3n) is 4.46. The first-order valence-corrected chi connectivity index (χ1v) is 9.13. The number of rotatable bonds is 15. The first kappa shape index (κ1) is 19.9. The number of aliphatic hydroxyl groups is 1. The molecule has 20 heavy (non-hydrogen) atoms. The Morgan fingerprint density at radius 2 is 1.00 bits per heavy atom. The second-order valence-corrected chi connectivity index (χ2v) is 6.70. The van der Waals surface area contributed by atoms with Crippen LogP contribution in [0.5, 0.6) is 0 Å². The molecule has 1 N–H and O–H groups in total. The van der Waals surface area contributed by atoms with E-state index in [1.807, 2.05) is 0 Å². The van der Waals surface area contributed by atoms with Gasteiger partial charge in [0.1, 0.15) is 0 Å². The molecule has 0 heterocycles. The Morgan fingerprint density at radius 1 is 0.600 bits per heavy atom. The molecule has 2 nitrogen and oxygen atoms in total. The molecule has 0 aliphatic carbocycles. The second-order valence-electron chi connectivity index (χ2n) is 6.70. The molecule has 0 atom stereocenters. The van der Waals surface area contributed by atoms with Gasteiger partial charge in [-0.15, -0.1) is 0 Å². The van der Waals surface area contributed by atoms with Gasteiger partial charge in [0.25, 0.3) is 0 Å². The SMILES string of the molecule is CCCCCCC[N+](C)(CCCO)CCCCCCC. The van der Waals surface area contributed by atoms with Crippen molar-refractivity contribution in [2.75, 3.05) is 33.3 Å². The highest BCUT2D eigenvalue weighted by Crippen LogP contribution is 2.13. The second kappa shape index (κ2) is 13.9. The molecule has 0 unspecified atom stereocenters. The van der Waals surface area contributed by atoms with Crippen molar-refractivity contribution in [2.24, 2.45) is 0 Å². The summed E-state index contributed by atoms with van der Waals surface area (Å²) < 4.78 is 1.18. The van der Waals surface area contributed by atoms with Gasteiger partial charge >= 0.3 is 0 Å². The fraction of sp³-hybridized carbons (Fsp3) is 1.00. The molecule has 0 amide bonds. The molecule has 0 aromatic carbocycles. The molecule has 0 spiro atoms. The molecular formula is C18H40NO+. The molecule has 0 aliphatic rings. The van der Waals surface area contributed by atoms with Crippen LogP contribution in [0, 0.1) is 0 Å². The molecule has 0 fully saturated rings. The molecule has 2 heteroatoms. The number of hydrogen-bond donors (Lipinski definition) is 1. The lowest BCUT2D eigenvalue weighted by Gasteiger charge is -2.35. The maximum Gasteiger partial charge on any atom is 0.0806 e. The number of unbranched alkanes of at least 4 members (excludes halogenated alkanes) is 8. The van der Waals surface area contributed by atoms with Crippen LogP contribution in [0.15, 0.2) is 0 Å². The minimum Gasteiger partial charge on any atom is -0.396 e. The van der Waals surface area contributed by atoms with Crippen LogP contribution < -0.4 is 0 Å². The van der Waals surface area contributed by atoms with E-state index in [-0.39, 0.29) is 0 Å². The van der Waals surface area contributed by atoms with Crippen LogP contribution in [0.1, 0.15) is 84.5 Å². The van der Waals surface area contributed by atoms with Crippen LogP contribution in [0.4, 0.5) is 0 Å². The van der Waals surface area contributed by atoms with Gasteiger partial charge in [-0.1, -0.05) is 52.4 Å². The summed E-state index contributed by atoms with van der Waals surface area (Å²) in [7, 11) is 2.40. The van der Waals surface area contributed by atoms with Crippen molar-refractivity contribution in [3.8, 4) is 0 Å². The maximum atomic E-state index is 9.10. The van der Waals surface area contributed by atoms with E-state index < -0.39 is 0 Å². The minimum absolute atomic E-state index is 0.347. The molecule has 0 aliphatic heterocycles. The van der Waals surface area contributed by atoms with Crippen molar-refractivity contribution in [1.82, 2.24) is 0 Å². The van der Waals surface area contributed by atoms with E-state index in [9.17, 15) is 0 Å². The maximum absolute atomic E-state index is 9.10. The number of quaternary nitrogens is 1. The van der Waals surface area contributed by atoms with E-state index >= 15 is 0 Å². The van der Waals surface area contributed by atoms with Gasteiger partial charge in [0.15, 0.2) is 0 Å². The fourth-order valence-electron chi connectivity index (χ4n) is 2.98.